The number of carbonyl (C=O) groups excluding carboxylic acids is 1. The number of hydrogen-bond acceptors (Lipinski definition) is 4. The van der Waals surface area contributed by atoms with Crippen LogP contribution < -0.4 is 15.4 Å². The van der Waals surface area contributed by atoms with Crippen LogP contribution in [0.3, 0.4) is 0 Å². The van der Waals surface area contributed by atoms with Crippen LogP contribution in [-0.4, -0.2) is 31.1 Å². The largest absolute Gasteiger partial charge is 0.492 e. The Balaban J connectivity index is 1.88. The van der Waals surface area contributed by atoms with Crippen molar-refractivity contribution in [1.82, 2.24) is 10.3 Å². The molecule has 21 heavy (non-hydrogen) atoms. The predicted octanol–water partition coefficient (Wildman–Crippen LogP) is 2.59. The van der Waals surface area contributed by atoms with E-state index in [0.29, 0.717) is 35.3 Å². The van der Waals surface area contributed by atoms with E-state index in [4.69, 9.17) is 16.3 Å². The summed E-state index contributed by atoms with van der Waals surface area (Å²) in [6.45, 7) is 0.956. The van der Waals surface area contributed by atoms with Gasteiger partial charge in [-0.25, -0.2) is 4.98 Å². The summed E-state index contributed by atoms with van der Waals surface area (Å²) in [4.78, 5) is 15.8. The van der Waals surface area contributed by atoms with Gasteiger partial charge in [0.05, 0.1) is 12.1 Å². The van der Waals surface area contributed by atoms with Crippen molar-refractivity contribution in [1.29, 1.82) is 0 Å². The number of anilines is 1. The second-order valence-corrected chi connectivity index (χ2v) is 4.65. The van der Waals surface area contributed by atoms with E-state index in [0.717, 1.165) is 0 Å². The number of nitrogens with one attached hydrogen (secondary N) is 2. The maximum absolute atomic E-state index is 11.7. The number of aromatic nitrogens is 1. The minimum Gasteiger partial charge on any atom is -0.492 e. The molecule has 0 bridgehead atoms. The molecule has 0 aliphatic carbocycles. The van der Waals surface area contributed by atoms with Gasteiger partial charge >= 0.3 is 0 Å². The molecule has 0 atom stereocenters. The number of amides is 1. The monoisotopic (exact) mass is 305 g/mol. The van der Waals surface area contributed by atoms with E-state index in [2.05, 4.69) is 15.6 Å². The van der Waals surface area contributed by atoms with Gasteiger partial charge in [0.1, 0.15) is 18.2 Å². The zero-order valence-electron chi connectivity index (χ0n) is 11.6. The van der Waals surface area contributed by atoms with Gasteiger partial charge in [0.25, 0.3) is 5.91 Å². The number of carbonyl (C=O) groups is 1. The fourth-order valence-corrected chi connectivity index (χ4v) is 1.94. The zero-order chi connectivity index (χ0) is 15.1. The Labute approximate surface area is 128 Å². The molecule has 2 rings (SSSR count). The number of ether oxygens (including phenoxy) is 1. The maximum atomic E-state index is 11.7. The van der Waals surface area contributed by atoms with Crippen LogP contribution in [-0.2, 0) is 0 Å². The molecule has 0 aliphatic rings. The van der Waals surface area contributed by atoms with Crippen LogP contribution in [0.4, 0.5) is 5.82 Å². The maximum Gasteiger partial charge on any atom is 0.254 e. The molecule has 0 saturated heterocycles. The summed E-state index contributed by atoms with van der Waals surface area (Å²) in [5, 5.41) is 6.29. The lowest BCUT2D eigenvalue weighted by molar-refractivity contribution is 0.0963. The van der Waals surface area contributed by atoms with E-state index in [1.54, 1.807) is 37.5 Å². The summed E-state index contributed by atoms with van der Waals surface area (Å²) >= 11 is 5.88. The Morgan fingerprint density at radius 1 is 1.33 bits per heavy atom. The first kappa shape index (κ1) is 15.1. The lowest BCUT2D eigenvalue weighted by Crippen LogP contribution is -2.21. The minimum absolute atomic E-state index is 0.179. The summed E-state index contributed by atoms with van der Waals surface area (Å²) in [7, 11) is 1.58. The molecule has 5 nitrogen and oxygen atoms in total. The van der Waals surface area contributed by atoms with Crippen molar-refractivity contribution in [2.24, 2.45) is 0 Å². The highest BCUT2D eigenvalue weighted by molar-refractivity contribution is 6.30. The molecule has 2 aromatic rings. The highest BCUT2D eigenvalue weighted by Gasteiger charge is 2.09. The molecule has 0 aliphatic heterocycles. The van der Waals surface area contributed by atoms with Crippen LogP contribution in [0.2, 0.25) is 5.02 Å². The third-order valence-corrected chi connectivity index (χ3v) is 2.97. The molecule has 110 valence electrons. The minimum atomic E-state index is -0.179. The zero-order valence-corrected chi connectivity index (χ0v) is 12.4. The molecule has 1 heterocycles. The Kier molecular flexibility index (Phi) is 5.40. The average Bonchev–Trinajstić information content (AvgIpc) is 2.51. The average molecular weight is 306 g/mol. The van der Waals surface area contributed by atoms with Gasteiger partial charge in [0.2, 0.25) is 0 Å². The van der Waals surface area contributed by atoms with Crippen molar-refractivity contribution < 1.29 is 9.53 Å². The smallest absolute Gasteiger partial charge is 0.254 e. The molecule has 0 spiro atoms. The molecule has 1 aromatic carbocycles. The summed E-state index contributed by atoms with van der Waals surface area (Å²) in [6, 6.07) is 10.6. The summed E-state index contributed by atoms with van der Waals surface area (Å²) in [6.07, 6.45) is 1.63. The lowest BCUT2D eigenvalue weighted by atomic mass is 10.2. The molecule has 0 radical (unpaired) electrons. The Bertz CT molecular complexity index is 619. The normalized spacial score (nSPS) is 10.0. The van der Waals surface area contributed by atoms with Crippen molar-refractivity contribution in [3.05, 3.63) is 53.2 Å². The van der Waals surface area contributed by atoms with E-state index in [1.807, 2.05) is 12.1 Å². The fourth-order valence-electron chi connectivity index (χ4n) is 1.76. The second-order valence-electron chi connectivity index (χ2n) is 4.21. The first-order valence-corrected chi connectivity index (χ1v) is 6.88. The Morgan fingerprint density at radius 2 is 2.19 bits per heavy atom. The van der Waals surface area contributed by atoms with E-state index in [-0.39, 0.29) is 5.91 Å². The number of halogens is 1. The van der Waals surface area contributed by atoms with Gasteiger partial charge in [-0.3, -0.25) is 4.79 Å². The number of nitrogens with zero attached hydrogens (tertiary/aromatic N) is 1. The van der Waals surface area contributed by atoms with Crippen LogP contribution in [0.15, 0.2) is 42.6 Å². The first-order valence-electron chi connectivity index (χ1n) is 6.50. The van der Waals surface area contributed by atoms with Crippen molar-refractivity contribution >= 4 is 23.3 Å². The van der Waals surface area contributed by atoms with Gasteiger partial charge in [-0.05, 0) is 30.3 Å². The van der Waals surface area contributed by atoms with Crippen LogP contribution >= 0.6 is 11.6 Å². The highest BCUT2D eigenvalue weighted by Crippen LogP contribution is 2.17. The summed E-state index contributed by atoms with van der Waals surface area (Å²) in [5.74, 6) is 1.06. The summed E-state index contributed by atoms with van der Waals surface area (Å²) in [5.41, 5.74) is 0.503. The second kappa shape index (κ2) is 7.50. The fraction of sp³-hybridized carbons (Fsp3) is 0.200. The van der Waals surface area contributed by atoms with E-state index < -0.39 is 0 Å². The molecule has 2 N–H and O–H groups in total. The van der Waals surface area contributed by atoms with Crippen LogP contribution in [0, 0.1) is 0 Å². The van der Waals surface area contributed by atoms with Gasteiger partial charge in [0, 0.05) is 18.3 Å². The van der Waals surface area contributed by atoms with Crippen LogP contribution in [0.25, 0.3) is 0 Å². The van der Waals surface area contributed by atoms with Gasteiger partial charge in [-0.15, -0.1) is 0 Å². The van der Waals surface area contributed by atoms with Crippen molar-refractivity contribution in [3.63, 3.8) is 0 Å². The van der Waals surface area contributed by atoms with Crippen LogP contribution in [0.1, 0.15) is 10.4 Å². The van der Waals surface area contributed by atoms with Crippen molar-refractivity contribution in [2.45, 2.75) is 0 Å². The van der Waals surface area contributed by atoms with Crippen LogP contribution in [0.5, 0.6) is 5.75 Å². The van der Waals surface area contributed by atoms with Gasteiger partial charge in [0.15, 0.2) is 0 Å². The van der Waals surface area contributed by atoms with Gasteiger partial charge < -0.3 is 15.4 Å². The molecule has 1 aromatic heterocycles. The van der Waals surface area contributed by atoms with E-state index >= 15 is 0 Å². The van der Waals surface area contributed by atoms with Gasteiger partial charge in [-0.1, -0.05) is 17.7 Å². The molecule has 0 fully saturated rings. The predicted molar refractivity (Wildman–Crippen MR) is 83.1 cm³/mol. The number of pyridine rings is 1. The topological polar surface area (TPSA) is 63.2 Å². The van der Waals surface area contributed by atoms with Gasteiger partial charge in [-0.2, -0.15) is 0 Å². The first-order chi connectivity index (χ1) is 10.2. The lowest BCUT2D eigenvalue weighted by Gasteiger charge is -2.11. The highest BCUT2D eigenvalue weighted by atomic mass is 35.5. The standard InChI is InChI=1S/C15H16ClN3O2/c1-17-15(20)13-6-3-7-18-14(13)19-8-9-21-12-5-2-4-11(16)10-12/h2-7,10H,8-9H2,1H3,(H,17,20)(H,18,19). The Hall–Kier alpha value is -2.27. The third kappa shape index (κ3) is 4.36. The molecule has 1 amide bonds. The molecule has 0 unspecified atom stereocenters. The molecule has 0 saturated carbocycles. The van der Waals surface area contributed by atoms with Crippen molar-refractivity contribution in [2.75, 3.05) is 25.5 Å². The third-order valence-electron chi connectivity index (χ3n) is 2.74. The number of rotatable bonds is 6. The summed E-state index contributed by atoms with van der Waals surface area (Å²) < 4.78 is 5.56. The SMILES string of the molecule is CNC(=O)c1cccnc1NCCOc1cccc(Cl)c1. The number of benzene rings is 1. The van der Waals surface area contributed by atoms with Crippen molar-refractivity contribution in [3.8, 4) is 5.75 Å². The molecule has 6 heteroatoms. The van der Waals surface area contributed by atoms with E-state index in [1.165, 1.54) is 0 Å². The quantitative estimate of drug-likeness (QED) is 0.805. The molecular weight excluding hydrogens is 290 g/mol. The number of hydrogen-bond donors (Lipinski definition) is 2. The van der Waals surface area contributed by atoms with E-state index in [9.17, 15) is 4.79 Å². The molecular formula is C15H16ClN3O2. The Morgan fingerprint density at radius 3 is 2.95 bits per heavy atom.